The van der Waals surface area contributed by atoms with Crippen LogP contribution in [0, 0.1) is 5.41 Å². The van der Waals surface area contributed by atoms with Crippen LogP contribution in [0.3, 0.4) is 0 Å². The first-order valence-electron chi connectivity index (χ1n) is 5.78. The smallest absolute Gasteiger partial charge is 0.230 e. The van der Waals surface area contributed by atoms with Crippen LogP contribution in [-0.4, -0.2) is 29.2 Å². The number of rotatable bonds is 3. The first kappa shape index (κ1) is 11.1. The number of amides is 1. The normalized spacial score (nSPS) is 19.3. The van der Waals surface area contributed by atoms with Crippen LogP contribution in [-0.2, 0) is 4.79 Å². The molecule has 1 aliphatic rings. The number of piperidine rings is 1. The van der Waals surface area contributed by atoms with Gasteiger partial charge in [0.2, 0.25) is 5.91 Å². The van der Waals surface area contributed by atoms with E-state index in [1.54, 1.807) is 12.4 Å². The van der Waals surface area contributed by atoms with Crippen molar-refractivity contribution < 1.29 is 4.79 Å². The molecule has 0 radical (unpaired) electrons. The second-order valence-electron chi connectivity index (χ2n) is 4.32. The summed E-state index contributed by atoms with van der Waals surface area (Å²) in [6.45, 7) is 3.93. The van der Waals surface area contributed by atoms with Gasteiger partial charge in [0.25, 0.3) is 0 Å². The molecule has 1 aliphatic heterocycles. The SMILES string of the molecule is CCC1(C(=O)Nc2cn[nH]c2)CCNCC1. The Morgan fingerprint density at radius 1 is 1.56 bits per heavy atom. The van der Waals surface area contributed by atoms with E-state index < -0.39 is 0 Å². The molecule has 88 valence electrons. The van der Waals surface area contributed by atoms with E-state index in [2.05, 4.69) is 27.8 Å². The van der Waals surface area contributed by atoms with Crippen LogP contribution in [0.1, 0.15) is 26.2 Å². The zero-order valence-corrected chi connectivity index (χ0v) is 9.55. The average molecular weight is 222 g/mol. The van der Waals surface area contributed by atoms with E-state index in [4.69, 9.17) is 0 Å². The van der Waals surface area contributed by atoms with Crippen molar-refractivity contribution in [3.8, 4) is 0 Å². The molecule has 0 spiro atoms. The Hall–Kier alpha value is -1.36. The Balaban J connectivity index is 2.06. The second-order valence-corrected chi connectivity index (χ2v) is 4.32. The quantitative estimate of drug-likeness (QED) is 0.718. The number of carbonyl (C=O) groups is 1. The van der Waals surface area contributed by atoms with Crippen LogP contribution in [0.5, 0.6) is 0 Å². The zero-order valence-electron chi connectivity index (χ0n) is 9.55. The van der Waals surface area contributed by atoms with Crippen molar-refractivity contribution in [2.75, 3.05) is 18.4 Å². The maximum absolute atomic E-state index is 12.2. The third kappa shape index (κ3) is 2.09. The van der Waals surface area contributed by atoms with E-state index in [0.29, 0.717) is 0 Å². The van der Waals surface area contributed by atoms with E-state index in [1.807, 2.05) is 0 Å². The standard InChI is InChI=1S/C11H18N4O/c1-2-11(3-5-12-6-4-11)10(16)15-9-7-13-14-8-9/h7-8,12H,2-6H2,1H3,(H,13,14)(H,15,16). The van der Waals surface area contributed by atoms with Crippen molar-refractivity contribution in [1.82, 2.24) is 15.5 Å². The summed E-state index contributed by atoms with van der Waals surface area (Å²) in [4.78, 5) is 12.2. The molecule has 2 heterocycles. The Kier molecular flexibility index (Phi) is 3.24. The molecule has 0 aromatic carbocycles. The van der Waals surface area contributed by atoms with E-state index in [1.165, 1.54) is 0 Å². The second kappa shape index (κ2) is 4.65. The molecule has 1 aromatic rings. The number of aromatic amines is 1. The minimum Gasteiger partial charge on any atom is -0.323 e. The van der Waals surface area contributed by atoms with Gasteiger partial charge in [-0.1, -0.05) is 6.92 Å². The fraction of sp³-hybridized carbons (Fsp3) is 0.636. The summed E-state index contributed by atoms with van der Waals surface area (Å²) in [5.41, 5.74) is 0.541. The van der Waals surface area contributed by atoms with Gasteiger partial charge in [-0.15, -0.1) is 0 Å². The van der Waals surface area contributed by atoms with E-state index in [-0.39, 0.29) is 11.3 Å². The molecule has 1 amide bonds. The third-order valence-electron chi connectivity index (χ3n) is 3.48. The lowest BCUT2D eigenvalue weighted by Crippen LogP contribution is -2.44. The molecule has 2 rings (SSSR count). The molecule has 3 N–H and O–H groups in total. The van der Waals surface area contributed by atoms with Crippen LogP contribution in [0.4, 0.5) is 5.69 Å². The molecule has 0 bridgehead atoms. The van der Waals surface area contributed by atoms with Gasteiger partial charge in [0.15, 0.2) is 0 Å². The summed E-state index contributed by atoms with van der Waals surface area (Å²) >= 11 is 0. The largest absolute Gasteiger partial charge is 0.323 e. The van der Waals surface area contributed by atoms with E-state index in [0.717, 1.165) is 38.0 Å². The van der Waals surface area contributed by atoms with Gasteiger partial charge in [0.05, 0.1) is 17.3 Å². The van der Waals surface area contributed by atoms with Gasteiger partial charge in [-0.05, 0) is 32.4 Å². The molecule has 1 saturated heterocycles. The van der Waals surface area contributed by atoms with Crippen molar-refractivity contribution in [3.63, 3.8) is 0 Å². The summed E-state index contributed by atoms with van der Waals surface area (Å²) in [6, 6.07) is 0. The van der Waals surface area contributed by atoms with Crippen molar-refractivity contribution in [3.05, 3.63) is 12.4 Å². The lowest BCUT2D eigenvalue weighted by molar-refractivity contribution is -0.127. The lowest BCUT2D eigenvalue weighted by Gasteiger charge is -2.35. The van der Waals surface area contributed by atoms with Gasteiger partial charge in [0.1, 0.15) is 0 Å². The van der Waals surface area contributed by atoms with Crippen LogP contribution in [0.2, 0.25) is 0 Å². The Morgan fingerprint density at radius 2 is 2.31 bits per heavy atom. The highest BCUT2D eigenvalue weighted by atomic mass is 16.2. The van der Waals surface area contributed by atoms with Crippen LogP contribution in [0.25, 0.3) is 0 Å². The predicted molar refractivity (Wildman–Crippen MR) is 62.0 cm³/mol. The Morgan fingerprint density at radius 3 is 2.88 bits per heavy atom. The molecule has 1 fully saturated rings. The molecule has 0 saturated carbocycles. The van der Waals surface area contributed by atoms with Gasteiger partial charge in [-0.25, -0.2) is 0 Å². The number of aromatic nitrogens is 2. The third-order valence-corrected chi connectivity index (χ3v) is 3.48. The zero-order chi connectivity index (χ0) is 11.4. The molecule has 0 aliphatic carbocycles. The monoisotopic (exact) mass is 222 g/mol. The molecular weight excluding hydrogens is 204 g/mol. The highest BCUT2D eigenvalue weighted by molar-refractivity contribution is 5.95. The molecule has 1 aromatic heterocycles. The van der Waals surface area contributed by atoms with Crippen molar-refractivity contribution in [2.24, 2.45) is 5.41 Å². The van der Waals surface area contributed by atoms with E-state index >= 15 is 0 Å². The fourth-order valence-electron chi connectivity index (χ4n) is 2.23. The predicted octanol–water partition coefficient (Wildman–Crippen LogP) is 1.13. The van der Waals surface area contributed by atoms with Crippen LogP contribution >= 0.6 is 0 Å². The van der Waals surface area contributed by atoms with Gasteiger partial charge in [0, 0.05) is 6.20 Å². The maximum atomic E-state index is 12.2. The van der Waals surface area contributed by atoms with Gasteiger partial charge in [-0.2, -0.15) is 5.10 Å². The minimum absolute atomic E-state index is 0.123. The molecule has 0 atom stereocenters. The van der Waals surface area contributed by atoms with Crippen LogP contribution in [0.15, 0.2) is 12.4 Å². The maximum Gasteiger partial charge on any atom is 0.230 e. The van der Waals surface area contributed by atoms with Gasteiger partial charge >= 0.3 is 0 Å². The number of nitrogens with one attached hydrogen (secondary N) is 3. The molecular formula is C11H18N4O. The first-order chi connectivity index (χ1) is 7.77. The number of anilines is 1. The molecule has 5 heteroatoms. The Labute approximate surface area is 95.0 Å². The number of carbonyl (C=O) groups excluding carboxylic acids is 1. The highest BCUT2D eigenvalue weighted by Gasteiger charge is 2.37. The molecule has 16 heavy (non-hydrogen) atoms. The van der Waals surface area contributed by atoms with Crippen molar-refractivity contribution in [1.29, 1.82) is 0 Å². The summed E-state index contributed by atoms with van der Waals surface area (Å²) in [6.07, 6.45) is 6.03. The summed E-state index contributed by atoms with van der Waals surface area (Å²) in [5, 5.41) is 12.7. The van der Waals surface area contributed by atoms with Gasteiger partial charge in [-0.3, -0.25) is 9.89 Å². The van der Waals surface area contributed by atoms with Crippen molar-refractivity contribution >= 4 is 11.6 Å². The van der Waals surface area contributed by atoms with Crippen molar-refractivity contribution in [2.45, 2.75) is 26.2 Å². The number of H-pyrrole nitrogens is 1. The Bertz CT molecular complexity index is 341. The first-order valence-corrected chi connectivity index (χ1v) is 5.78. The van der Waals surface area contributed by atoms with E-state index in [9.17, 15) is 4.79 Å². The number of hydrogen-bond acceptors (Lipinski definition) is 3. The summed E-state index contributed by atoms with van der Waals surface area (Å²) in [5.74, 6) is 0.123. The van der Waals surface area contributed by atoms with Crippen LogP contribution < -0.4 is 10.6 Å². The molecule has 0 unspecified atom stereocenters. The van der Waals surface area contributed by atoms with Gasteiger partial charge < -0.3 is 10.6 Å². The number of nitrogens with zero attached hydrogens (tertiary/aromatic N) is 1. The summed E-state index contributed by atoms with van der Waals surface area (Å²) < 4.78 is 0. The number of hydrogen-bond donors (Lipinski definition) is 3. The summed E-state index contributed by atoms with van der Waals surface area (Å²) in [7, 11) is 0. The minimum atomic E-state index is -0.206. The molecule has 5 nitrogen and oxygen atoms in total. The topological polar surface area (TPSA) is 69.8 Å². The highest BCUT2D eigenvalue weighted by Crippen LogP contribution is 2.33. The lowest BCUT2D eigenvalue weighted by atomic mass is 9.76. The fourth-order valence-corrected chi connectivity index (χ4v) is 2.23. The average Bonchev–Trinajstić information content (AvgIpc) is 2.82.